The number of imide groups is 1. The molecule has 1 saturated heterocycles. The summed E-state index contributed by atoms with van der Waals surface area (Å²) >= 11 is 0.740. The maximum absolute atomic E-state index is 12.8. The highest BCUT2D eigenvalue weighted by molar-refractivity contribution is 8.18. The highest BCUT2D eigenvalue weighted by Crippen LogP contribution is 2.44. The van der Waals surface area contributed by atoms with E-state index in [1.54, 1.807) is 24.3 Å². The number of unbranched alkanes of at least 4 members (excludes halogenated alkanes) is 1. The van der Waals surface area contributed by atoms with Crippen LogP contribution < -0.4 is 4.90 Å². The van der Waals surface area contributed by atoms with Crippen molar-refractivity contribution in [3.63, 3.8) is 0 Å². The van der Waals surface area contributed by atoms with E-state index >= 15 is 0 Å². The number of carbonyl (C=O) groups is 4. The first-order valence-corrected chi connectivity index (χ1v) is 8.68. The second-order valence-corrected chi connectivity index (χ2v) is 6.65. The summed E-state index contributed by atoms with van der Waals surface area (Å²) in [6.45, 7) is 1.77. The van der Waals surface area contributed by atoms with Crippen molar-refractivity contribution >= 4 is 46.0 Å². The molecule has 8 heteroatoms. The third kappa shape index (κ3) is 2.93. The van der Waals surface area contributed by atoms with Gasteiger partial charge in [0.25, 0.3) is 17.1 Å². The van der Waals surface area contributed by atoms with Gasteiger partial charge in [-0.1, -0.05) is 31.5 Å². The van der Waals surface area contributed by atoms with Crippen LogP contribution in [0.1, 0.15) is 25.3 Å². The van der Waals surface area contributed by atoms with Crippen molar-refractivity contribution in [1.29, 1.82) is 0 Å². The number of anilines is 1. The van der Waals surface area contributed by atoms with E-state index in [9.17, 15) is 19.2 Å². The number of thioether (sulfide) groups is 1. The van der Waals surface area contributed by atoms with Gasteiger partial charge in [0.2, 0.25) is 0 Å². The molecule has 7 nitrogen and oxygen atoms in total. The lowest BCUT2D eigenvalue weighted by molar-refractivity contribution is -0.136. The summed E-state index contributed by atoms with van der Waals surface area (Å²) in [5, 5.41) is 8.66. The van der Waals surface area contributed by atoms with Gasteiger partial charge in [-0.3, -0.25) is 29.0 Å². The summed E-state index contributed by atoms with van der Waals surface area (Å²) < 4.78 is 0. The second kappa shape index (κ2) is 6.72. The molecule has 3 amide bonds. The van der Waals surface area contributed by atoms with Crippen LogP contribution in [0.15, 0.2) is 29.2 Å². The normalized spacial score (nSPS) is 19.8. The van der Waals surface area contributed by atoms with Crippen LogP contribution in [0, 0.1) is 0 Å². The van der Waals surface area contributed by atoms with E-state index in [0.29, 0.717) is 24.2 Å². The van der Waals surface area contributed by atoms with E-state index in [4.69, 9.17) is 5.11 Å². The Bertz CT molecular complexity index is 817. The van der Waals surface area contributed by atoms with Crippen molar-refractivity contribution < 1.29 is 24.3 Å². The van der Waals surface area contributed by atoms with Gasteiger partial charge >= 0.3 is 5.97 Å². The number of hydrogen-bond acceptors (Lipinski definition) is 5. The van der Waals surface area contributed by atoms with Crippen molar-refractivity contribution in [3.8, 4) is 0 Å². The van der Waals surface area contributed by atoms with Gasteiger partial charge in [0, 0.05) is 12.1 Å². The number of carbonyl (C=O) groups excluding carboxylic acids is 3. The Kier molecular flexibility index (Phi) is 4.63. The zero-order valence-corrected chi connectivity index (χ0v) is 14.3. The van der Waals surface area contributed by atoms with E-state index in [1.165, 1.54) is 0 Å². The minimum Gasteiger partial charge on any atom is -0.480 e. The molecule has 1 aromatic rings. The van der Waals surface area contributed by atoms with E-state index in [0.717, 1.165) is 28.0 Å². The van der Waals surface area contributed by atoms with E-state index in [2.05, 4.69) is 0 Å². The second-order valence-electron chi connectivity index (χ2n) is 5.68. The Balaban J connectivity index is 2.06. The molecule has 130 valence electrons. The van der Waals surface area contributed by atoms with Crippen LogP contribution in [0.2, 0.25) is 0 Å². The third-order valence-corrected chi connectivity index (χ3v) is 5.01. The van der Waals surface area contributed by atoms with E-state index < -0.39 is 29.6 Å². The van der Waals surface area contributed by atoms with E-state index in [-0.39, 0.29) is 10.5 Å². The number of aliphatic carboxylic acids is 1. The van der Waals surface area contributed by atoms with E-state index in [1.807, 2.05) is 6.92 Å². The maximum Gasteiger partial charge on any atom is 0.323 e. The number of carboxylic acid groups (broad SMARTS) is 1. The number of hydrogen-bond donors (Lipinski definition) is 1. The predicted octanol–water partition coefficient (Wildman–Crippen LogP) is 2.32. The Morgan fingerprint density at radius 2 is 1.84 bits per heavy atom. The average Bonchev–Trinajstić information content (AvgIpc) is 3.00. The number of carboxylic acids is 1. The lowest BCUT2D eigenvalue weighted by atomic mass is 10.1. The lowest BCUT2D eigenvalue weighted by Gasteiger charge is -2.13. The van der Waals surface area contributed by atoms with Crippen LogP contribution in [0.25, 0.3) is 5.57 Å². The quantitative estimate of drug-likeness (QED) is 0.810. The van der Waals surface area contributed by atoms with Gasteiger partial charge in [0.15, 0.2) is 0 Å². The minimum absolute atomic E-state index is 0.0754. The topological polar surface area (TPSA) is 95.0 Å². The molecule has 0 radical (unpaired) electrons. The average molecular weight is 360 g/mol. The summed E-state index contributed by atoms with van der Waals surface area (Å²) in [6.07, 6.45) is 1.53. The number of amides is 3. The zero-order chi connectivity index (χ0) is 18.1. The van der Waals surface area contributed by atoms with Crippen LogP contribution in [-0.2, 0) is 14.4 Å². The summed E-state index contributed by atoms with van der Waals surface area (Å²) in [5.74, 6) is -2.20. The highest BCUT2D eigenvalue weighted by Gasteiger charge is 2.43. The Morgan fingerprint density at radius 1 is 1.12 bits per heavy atom. The molecule has 2 aliphatic heterocycles. The summed E-state index contributed by atoms with van der Waals surface area (Å²) in [4.78, 5) is 51.0. The molecule has 0 aliphatic carbocycles. The van der Waals surface area contributed by atoms with Crippen LogP contribution in [0.5, 0.6) is 0 Å². The van der Waals surface area contributed by atoms with Crippen LogP contribution in [0.4, 0.5) is 10.5 Å². The Labute approximate surface area is 148 Å². The van der Waals surface area contributed by atoms with Gasteiger partial charge in [-0.15, -0.1) is 0 Å². The SMILES string of the molecule is CCCCN1C(=O)S/C(=C2\C(=O)N(CC(=O)O)c3ccccc32)C1=O. The number of benzene rings is 1. The molecule has 2 heterocycles. The predicted molar refractivity (Wildman–Crippen MR) is 93.0 cm³/mol. The van der Waals surface area contributed by atoms with Crippen LogP contribution >= 0.6 is 11.8 Å². The number of para-hydroxylation sites is 1. The van der Waals surface area contributed by atoms with Crippen LogP contribution in [0.3, 0.4) is 0 Å². The molecule has 0 spiro atoms. The smallest absolute Gasteiger partial charge is 0.323 e. The first-order valence-electron chi connectivity index (χ1n) is 7.86. The van der Waals surface area contributed by atoms with Crippen molar-refractivity contribution in [2.75, 3.05) is 18.0 Å². The fourth-order valence-electron chi connectivity index (χ4n) is 2.85. The third-order valence-electron chi connectivity index (χ3n) is 4.03. The molecule has 3 rings (SSSR count). The molecule has 0 aromatic heterocycles. The Hall–Kier alpha value is -2.61. The zero-order valence-electron chi connectivity index (χ0n) is 13.5. The van der Waals surface area contributed by atoms with Crippen LogP contribution in [-0.4, -0.2) is 46.1 Å². The molecular weight excluding hydrogens is 344 g/mol. The first-order chi connectivity index (χ1) is 12.0. The fourth-order valence-corrected chi connectivity index (χ4v) is 3.81. The number of nitrogens with zero attached hydrogens (tertiary/aromatic N) is 2. The molecule has 2 aliphatic rings. The van der Waals surface area contributed by atoms with Gasteiger partial charge in [-0.05, 0) is 24.2 Å². The molecule has 0 saturated carbocycles. The molecule has 0 bridgehead atoms. The van der Waals surface area contributed by atoms with Crippen molar-refractivity contribution in [3.05, 3.63) is 34.7 Å². The number of fused-ring (bicyclic) bond motifs is 1. The van der Waals surface area contributed by atoms with Crippen molar-refractivity contribution in [2.24, 2.45) is 0 Å². The van der Waals surface area contributed by atoms with Gasteiger partial charge in [-0.25, -0.2) is 0 Å². The molecule has 1 fully saturated rings. The maximum atomic E-state index is 12.8. The van der Waals surface area contributed by atoms with Gasteiger partial charge < -0.3 is 5.11 Å². The van der Waals surface area contributed by atoms with Gasteiger partial charge in [0.1, 0.15) is 6.54 Å². The Morgan fingerprint density at radius 3 is 2.52 bits per heavy atom. The molecule has 1 N–H and O–H groups in total. The first kappa shape index (κ1) is 17.2. The van der Waals surface area contributed by atoms with Gasteiger partial charge in [-0.2, -0.15) is 0 Å². The molecular formula is C17H16N2O5S. The summed E-state index contributed by atoms with van der Waals surface area (Å²) in [5.41, 5.74) is 1.03. The fraction of sp³-hybridized carbons (Fsp3) is 0.294. The number of rotatable bonds is 5. The molecule has 0 atom stereocenters. The summed E-state index contributed by atoms with van der Waals surface area (Å²) in [7, 11) is 0. The van der Waals surface area contributed by atoms with Crippen molar-refractivity contribution in [2.45, 2.75) is 19.8 Å². The van der Waals surface area contributed by atoms with Gasteiger partial charge in [0.05, 0.1) is 16.2 Å². The monoisotopic (exact) mass is 360 g/mol. The molecule has 25 heavy (non-hydrogen) atoms. The molecule has 0 unspecified atom stereocenters. The van der Waals surface area contributed by atoms with Crippen molar-refractivity contribution in [1.82, 2.24) is 4.90 Å². The molecule has 1 aromatic carbocycles. The summed E-state index contributed by atoms with van der Waals surface area (Å²) in [6, 6.07) is 6.68. The standard InChI is InChI=1S/C17H16N2O5S/c1-2-3-8-18-16(23)14(25-17(18)24)13-10-6-4-5-7-11(10)19(15(13)22)9-12(20)21/h4-7H,2-3,8-9H2,1H3,(H,20,21)/b14-13-. The minimum atomic E-state index is -1.15. The highest BCUT2D eigenvalue weighted by atomic mass is 32.2. The lowest BCUT2D eigenvalue weighted by Crippen LogP contribution is -2.33. The largest absolute Gasteiger partial charge is 0.480 e.